The first kappa shape index (κ1) is 21.1. The smallest absolute Gasteiger partial charge is 0.306 e. The fourth-order valence-corrected chi connectivity index (χ4v) is 4.87. The Morgan fingerprint density at radius 1 is 1.03 bits per heavy atom. The number of rotatable bonds is 8. The van der Waals surface area contributed by atoms with Crippen molar-refractivity contribution in [3.05, 3.63) is 70.5 Å². The molecule has 0 bridgehead atoms. The third kappa shape index (κ3) is 3.73. The van der Waals surface area contributed by atoms with Gasteiger partial charge < -0.3 is 9.52 Å². The Bertz CT molecular complexity index is 1270. The zero-order valence-electron chi connectivity index (χ0n) is 18.0. The number of hydrogen-bond donors (Lipinski definition) is 1. The molecule has 0 fully saturated rings. The molecule has 0 radical (unpaired) electrons. The average molecular weight is 445 g/mol. The van der Waals surface area contributed by atoms with E-state index < -0.39 is 11.9 Å². The minimum Gasteiger partial charge on any atom is -0.481 e. The van der Waals surface area contributed by atoms with Gasteiger partial charge in [0.15, 0.2) is 5.78 Å². The van der Waals surface area contributed by atoms with Crippen molar-refractivity contribution in [2.75, 3.05) is 6.54 Å². The molecule has 3 aromatic rings. The molecule has 0 saturated carbocycles. The van der Waals surface area contributed by atoms with Crippen LogP contribution in [0, 0.1) is 5.92 Å². The third-order valence-electron chi connectivity index (χ3n) is 6.62. The number of fused-ring (bicyclic) bond motifs is 4. The monoisotopic (exact) mass is 445 g/mol. The summed E-state index contributed by atoms with van der Waals surface area (Å²) in [6.45, 7) is 0.119. The number of nitrogens with zero attached hydrogens (tertiary/aromatic N) is 1. The van der Waals surface area contributed by atoms with Crippen LogP contribution in [0.1, 0.15) is 68.1 Å². The Hall–Kier alpha value is -3.74. The van der Waals surface area contributed by atoms with Crippen LogP contribution in [0.3, 0.4) is 0 Å². The number of ketones is 1. The molecule has 2 amide bonds. The van der Waals surface area contributed by atoms with Gasteiger partial charge in [-0.15, -0.1) is 0 Å². The summed E-state index contributed by atoms with van der Waals surface area (Å²) in [5.74, 6) is -1.98. The predicted octanol–water partition coefficient (Wildman–Crippen LogP) is 4.27. The molecular formula is C26H23NO6. The van der Waals surface area contributed by atoms with Gasteiger partial charge in [-0.1, -0.05) is 24.3 Å². The first-order valence-electron chi connectivity index (χ1n) is 11.2. The van der Waals surface area contributed by atoms with E-state index in [2.05, 4.69) is 0 Å². The van der Waals surface area contributed by atoms with Crippen molar-refractivity contribution < 1.29 is 28.7 Å². The fraction of sp³-hybridized carbons (Fsp3) is 0.308. The Morgan fingerprint density at radius 2 is 1.76 bits per heavy atom. The highest BCUT2D eigenvalue weighted by atomic mass is 16.4. The second-order valence-corrected chi connectivity index (χ2v) is 8.68. The summed E-state index contributed by atoms with van der Waals surface area (Å²) in [6.07, 6.45) is 3.30. The fourth-order valence-electron chi connectivity index (χ4n) is 4.87. The van der Waals surface area contributed by atoms with Gasteiger partial charge >= 0.3 is 5.97 Å². The van der Waals surface area contributed by atoms with Crippen molar-refractivity contribution in [2.45, 2.75) is 38.5 Å². The quantitative estimate of drug-likeness (QED) is 0.410. The van der Waals surface area contributed by atoms with Crippen LogP contribution in [-0.4, -0.2) is 40.1 Å². The van der Waals surface area contributed by atoms with Crippen LogP contribution in [0.4, 0.5) is 0 Å². The maximum atomic E-state index is 12.8. The topological polar surface area (TPSA) is 105 Å². The van der Waals surface area contributed by atoms with E-state index in [1.807, 2.05) is 6.07 Å². The van der Waals surface area contributed by atoms with Crippen LogP contribution < -0.4 is 0 Å². The van der Waals surface area contributed by atoms with E-state index in [4.69, 9.17) is 4.42 Å². The van der Waals surface area contributed by atoms with Crippen molar-refractivity contribution >= 4 is 34.5 Å². The zero-order valence-corrected chi connectivity index (χ0v) is 18.0. The number of benzene rings is 2. The summed E-state index contributed by atoms with van der Waals surface area (Å²) in [4.78, 5) is 50.7. The number of carbonyl (C=O) groups is 4. The van der Waals surface area contributed by atoms with Crippen molar-refractivity contribution in [1.82, 2.24) is 4.90 Å². The third-order valence-corrected chi connectivity index (χ3v) is 6.62. The first-order valence-corrected chi connectivity index (χ1v) is 11.2. The Labute approximate surface area is 190 Å². The lowest BCUT2D eigenvalue weighted by Crippen LogP contribution is -2.31. The van der Waals surface area contributed by atoms with Crippen molar-refractivity contribution in [3.63, 3.8) is 0 Å². The number of Topliss-reactive ketones (excluding diaryl/α,β-unsaturated/α-hetero) is 1. The maximum absolute atomic E-state index is 12.8. The molecule has 0 spiro atoms. The van der Waals surface area contributed by atoms with Crippen molar-refractivity contribution in [2.24, 2.45) is 5.92 Å². The van der Waals surface area contributed by atoms with Crippen LogP contribution >= 0.6 is 0 Å². The molecule has 7 nitrogen and oxygen atoms in total. The number of aryl methyl sites for hydroxylation is 2. The molecule has 2 aromatic carbocycles. The molecule has 7 heteroatoms. The minimum absolute atomic E-state index is 0.119. The molecule has 2 heterocycles. The molecule has 1 aliphatic heterocycles. The van der Waals surface area contributed by atoms with Crippen LogP contribution in [0.15, 0.2) is 46.9 Å². The van der Waals surface area contributed by atoms with Crippen molar-refractivity contribution in [1.29, 1.82) is 0 Å². The largest absolute Gasteiger partial charge is 0.481 e. The number of aliphatic carboxylic acids is 1. The minimum atomic E-state index is -1.07. The molecule has 168 valence electrons. The van der Waals surface area contributed by atoms with Gasteiger partial charge in [0.1, 0.15) is 11.3 Å². The second-order valence-electron chi connectivity index (χ2n) is 8.68. The number of amides is 2. The Kier molecular flexibility index (Phi) is 5.32. The standard InChI is InChI=1S/C26H23NO6/c28-21(15-10-11-18-17-8-3-9-22(17)33-23(18)14-15)13-16(26(31)32)5-4-12-27-24(29)19-6-1-2-7-20(19)25(27)30/h1-2,6-7,10-11,14,16H,3-5,8-9,12-13H2,(H,31,32)/t16-/m0/s1. The van der Waals surface area contributed by atoms with Gasteiger partial charge in [0, 0.05) is 35.9 Å². The molecule has 1 aromatic heterocycles. The number of hydrogen-bond acceptors (Lipinski definition) is 5. The summed E-state index contributed by atoms with van der Waals surface area (Å²) in [6, 6.07) is 11.9. The Morgan fingerprint density at radius 3 is 2.45 bits per heavy atom. The zero-order chi connectivity index (χ0) is 23.1. The number of carboxylic acids is 1. The molecule has 1 N–H and O–H groups in total. The van der Waals surface area contributed by atoms with Crippen LogP contribution in [-0.2, 0) is 17.6 Å². The van der Waals surface area contributed by atoms with Gasteiger partial charge in [-0.3, -0.25) is 24.1 Å². The van der Waals surface area contributed by atoms with Gasteiger partial charge in [-0.25, -0.2) is 0 Å². The van der Waals surface area contributed by atoms with Gasteiger partial charge in [0.05, 0.1) is 17.0 Å². The van der Waals surface area contributed by atoms with Crippen LogP contribution in [0.5, 0.6) is 0 Å². The van der Waals surface area contributed by atoms with Gasteiger partial charge in [-0.2, -0.15) is 0 Å². The number of carboxylic acid groups (broad SMARTS) is 1. The summed E-state index contributed by atoms with van der Waals surface area (Å²) < 4.78 is 5.88. The lowest BCUT2D eigenvalue weighted by Gasteiger charge is -2.16. The van der Waals surface area contributed by atoms with Crippen molar-refractivity contribution in [3.8, 4) is 0 Å². The average Bonchev–Trinajstić information content (AvgIpc) is 3.46. The first-order chi connectivity index (χ1) is 15.9. The van der Waals surface area contributed by atoms with Gasteiger partial charge in [0.2, 0.25) is 0 Å². The SMILES string of the molecule is O=C(C[C@H](CCCN1C(=O)c2ccccc2C1=O)C(=O)O)c1ccc2c3c(oc2c1)CCC3. The lowest BCUT2D eigenvalue weighted by molar-refractivity contribution is -0.141. The highest BCUT2D eigenvalue weighted by Crippen LogP contribution is 2.33. The van der Waals surface area contributed by atoms with E-state index >= 15 is 0 Å². The molecular weight excluding hydrogens is 422 g/mol. The highest BCUT2D eigenvalue weighted by Gasteiger charge is 2.35. The summed E-state index contributed by atoms with van der Waals surface area (Å²) >= 11 is 0. The Balaban J connectivity index is 1.22. The van der Waals surface area contributed by atoms with Crippen LogP contribution in [0.2, 0.25) is 0 Å². The number of carbonyl (C=O) groups excluding carboxylic acids is 3. The van der Waals surface area contributed by atoms with E-state index in [0.29, 0.717) is 28.7 Å². The second kappa shape index (κ2) is 8.31. The highest BCUT2D eigenvalue weighted by molar-refractivity contribution is 6.21. The summed E-state index contributed by atoms with van der Waals surface area (Å²) in [7, 11) is 0. The predicted molar refractivity (Wildman–Crippen MR) is 119 cm³/mol. The molecule has 0 saturated heterocycles. The summed E-state index contributed by atoms with van der Waals surface area (Å²) in [5.41, 5.74) is 3.05. The molecule has 1 aliphatic carbocycles. The molecule has 0 unspecified atom stereocenters. The van der Waals surface area contributed by atoms with E-state index in [0.717, 1.165) is 35.3 Å². The van der Waals surface area contributed by atoms with E-state index in [-0.39, 0.29) is 37.0 Å². The van der Waals surface area contributed by atoms with E-state index in [9.17, 15) is 24.3 Å². The van der Waals surface area contributed by atoms with Gasteiger partial charge in [0.25, 0.3) is 11.8 Å². The molecule has 33 heavy (non-hydrogen) atoms. The van der Waals surface area contributed by atoms with Gasteiger partial charge in [-0.05, 0) is 43.9 Å². The lowest BCUT2D eigenvalue weighted by atomic mass is 9.93. The maximum Gasteiger partial charge on any atom is 0.306 e. The number of furan rings is 1. The van der Waals surface area contributed by atoms with E-state index in [1.54, 1.807) is 36.4 Å². The molecule has 2 aliphatic rings. The molecule has 5 rings (SSSR count). The van der Waals surface area contributed by atoms with Crippen LogP contribution in [0.25, 0.3) is 11.0 Å². The van der Waals surface area contributed by atoms with E-state index in [1.165, 1.54) is 5.56 Å². The molecule has 1 atom stereocenters. The normalized spacial score (nSPS) is 15.7. The number of imide groups is 1. The summed E-state index contributed by atoms with van der Waals surface area (Å²) in [5, 5.41) is 10.7.